The summed E-state index contributed by atoms with van der Waals surface area (Å²) < 4.78 is 22.8. The maximum atomic E-state index is 11.7. The van der Waals surface area contributed by atoms with Crippen molar-refractivity contribution < 1.29 is 28.6 Å². The van der Waals surface area contributed by atoms with E-state index in [1.54, 1.807) is 24.3 Å². The van der Waals surface area contributed by atoms with Crippen molar-refractivity contribution in [1.29, 1.82) is 0 Å². The minimum Gasteiger partial charge on any atom is -0.481 e. The smallest absolute Gasteiger partial charge is 0.344 e. The third kappa shape index (κ3) is 6.88. The monoisotopic (exact) mass is 429 g/mol. The highest BCUT2D eigenvalue weighted by Gasteiger charge is 2.19. The van der Waals surface area contributed by atoms with Crippen LogP contribution in [0.5, 0.6) is 17.2 Å². The van der Waals surface area contributed by atoms with Crippen LogP contribution in [0.25, 0.3) is 0 Å². The van der Waals surface area contributed by atoms with Crippen LogP contribution in [0.3, 0.4) is 0 Å². The highest BCUT2D eigenvalue weighted by atomic mass is 79.9. The standard InChI is InChI=1S/C16H17BrNO6P/c1-11(16(19)18-10-25(20,21)22)23-13-6-8-15(9-7-13)24-14-4-2-12(17)3-5-14/h2-9,11H,10H2,1H3,(H,18,19)(H2,20,21,22). The highest BCUT2D eigenvalue weighted by molar-refractivity contribution is 9.10. The number of carbonyl (C=O) groups excluding carboxylic acids is 1. The molecule has 0 spiro atoms. The molecule has 0 aromatic heterocycles. The first-order valence-corrected chi connectivity index (χ1v) is 9.84. The van der Waals surface area contributed by atoms with Gasteiger partial charge in [-0.2, -0.15) is 0 Å². The Labute approximate surface area is 153 Å². The Morgan fingerprint density at radius 2 is 1.56 bits per heavy atom. The maximum absolute atomic E-state index is 11.7. The van der Waals surface area contributed by atoms with Crippen molar-refractivity contribution in [3.8, 4) is 17.2 Å². The molecular formula is C16H17BrNO6P. The van der Waals surface area contributed by atoms with Gasteiger partial charge >= 0.3 is 7.60 Å². The molecule has 0 aliphatic rings. The van der Waals surface area contributed by atoms with Gasteiger partial charge in [-0.1, -0.05) is 15.9 Å². The summed E-state index contributed by atoms with van der Waals surface area (Å²) in [5.41, 5.74) is 0. The van der Waals surface area contributed by atoms with Crippen LogP contribution in [-0.4, -0.2) is 28.1 Å². The van der Waals surface area contributed by atoms with Gasteiger partial charge in [0.05, 0.1) is 0 Å². The Morgan fingerprint density at radius 3 is 2.08 bits per heavy atom. The number of amides is 1. The predicted molar refractivity (Wildman–Crippen MR) is 95.8 cm³/mol. The predicted octanol–water partition coefficient (Wildman–Crippen LogP) is 3.26. The summed E-state index contributed by atoms with van der Waals surface area (Å²) in [5.74, 6) is 1.11. The lowest BCUT2D eigenvalue weighted by Gasteiger charge is -2.15. The lowest BCUT2D eigenvalue weighted by atomic mass is 10.3. The Balaban J connectivity index is 1.90. The molecule has 0 heterocycles. The normalized spacial score (nSPS) is 12.3. The van der Waals surface area contributed by atoms with Crippen molar-refractivity contribution in [3.05, 3.63) is 53.0 Å². The third-order valence-electron chi connectivity index (χ3n) is 3.01. The number of hydrogen-bond acceptors (Lipinski definition) is 4. The number of nitrogens with one attached hydrogen (secondary N) is 1. The number of halogens is 1. The zero-order valence-corrected chi connectivity index (χ0v) is 15.7. The van der Waals surface area contributed by atoms with Gasteiger partial charge in [0.1, 0.15) is 23.5 Å². The molecule has 1 unspecified atom stereocenters. The van der Waals surface area contributed by atoms with Gasteiger partial charge in [-0.15, -0.1) is 0 Å². The molecule has 0 saturated carbocycles. The molecule has 0 aliphatic heterocycles. The number of rotatable bonds is 7. The van der Waals surface area contributed by atoms with E-state index >= 15 is 0 Å². The van der Waals surface area contributed by atoms with E-state index in [1.807, 2.05) is 24.3 Å². The Kier molecular flexibility index (Phi) is 6.61. The summed E-state index contributed by atoms with van der Waals surface area (Å²) in [7, 11) is -4.29. The van der Waals surface area contributed by atoms with Crippen molar-refractivity contribution in [2.75, 3.05) is 6.29 Å². The van der Waals surface area contributed by atoms with E-state index in [-0.39, 0.29) is 0 Å². The molecule has 1 amide bonds. The van der Waals surface area contributed by atoms with Crippen LogP contribution in [0.15, 0.2) is 53.0 Å². The first-order chi connectivity index (χ1) is 11.7. The van der Waals surface area contributed by atoms with Crippen molar-refractivity contribution in [2.24, 2.45) is 0 Å². The molecule has 25 heavy (non-hydrogen) atoms. The quantitative estimate of drug-likeness (QED) is 0.583. The van der Waals surface area contributed by atoms with Crippen LogP contribution in [0.1, 0.15) is 6.92 Å². The highest BCUT2D eigenvalue weighted by Crippen LogP contribution is 2.32. The van der Waals surface area contributed by atoms with Crippen LogP contribution >= 0.6 is 23.5 Å². The topological polar surface area (TPSA) is 105 Å². The molecule has 0 radical (unpaired) electrons. The van der Waals surface area contributed by atoms with E-state index in [0.717, 1.165) is 4.47 Å². The first kappa shape index (κ1) is 19.5. The van der Waals surface area contributed by atoms with E-state index < -0.39 is 25.9 Å². The summed E-state index contributed by atoms with van der Waals surface area (Å²) in [6, 6.07) is 14.0. The molecule has 1 atom stereocenters. The van der Waals surface area contributed by atoms with Crippen LogP contribution in [0.2, 0.25) is 0 Å². The number of hydrogen-bond donors (Lipinski definition) is 3. The van der Waals surface area contributed by atoms with Gasteiger partial charge in [-0.25, -0.2) is 0 Å². The van der Waals surface area contributed by atoms with Crippen molar-refractivity contribution in [2.45, 2.75) is 13.0 Å². The lowest BCUT2D eigenvalue weighted by molar-refractivity contribution is -0.127. The minimum atomic E-state index is -4.29. The summed E-state index contributed by atoms with van der Waals surface area (Å²) in [6.07, 6.45) is -1.62. The average Bonchev–Trinajstić information content (AvgIpc) is 2.56. The Bertz CT molecular complexity index is 759. The zero-order chi connectivity index (χ0) is 18.4. The lowest BCUT2D eigenvalue weighted by Crippen LogP contribution is -2.36. The molecule has 2 aromatic rings. The van der Waals surface area contributed by atoms with Crippen molar-refractivity contribution in [1.82, 2.24) is 5.32 Å². The third-order valence-corrected chi connectivity index (χ3v) is 4.11. The second kappa shape index (κ2) is 8.49. The van der Waals surface area contributed by atoms with Gasteiger partial charge < -0.3 is 24.6 Å². The molecular weight excluding hydrogens is 413 g/mol. The molecule has 7 nitrogen and oxygen atoms in total. The zero-order valence-electron chi connectivity index (χ0n) is 13.3. The first-order valence-electron chi connectivity index (χ1n) is 7.25. The number of ether oxygens (including phenoxy) is 2. The molecule has 0 aliphatic carbocycles. The van der Waals surface area contributed by atoms with Crippen molar-refractivity contribution >= 4 is 29.4 Å². The average molecular weight is 430 g/mol. The van der Waals surface area contributed by atoms with Gasteiger partial charge in [0.25, 0.3) is 5.91 Å². The Morgan fingerprint density at radius 1 is 1.08 bits per heavy atom. The molecule has 0 fully saturated rings. The SMILES string of the molecule is CC(Oc1ccc(Oc2ccc(Br)cc2)cc1)C(=O)NCP(=O)(O)O. The fraction of sp³-hybridized carbons (Fsp3) is 0.188. The summed E-state index contributed by atoms with van der Waals surface area (Å²) in [5, 5.41) is 2.14. The van der Waals surface area contributed by atoms with E-state index in [9.17, 15) is 9.36 Å². The van der Waals surface area contributed by atoms with Gasteiger partial charge in [-0.05, 0) is 55.5 Å². The molecule has 9 heteroatoms. The molecule has 3 N–H and O–H groups in total. The molecule has 2 rings (SSSR count). The van der Waals surface area contributed by atoms with Gasteiger partial charge in [0.15, 0.2) is 6.10 Å². The van der Waals surface area contributed by atoms with Crippen LogP contribution in [-0.2, 0) is 9.36 Å². The van der Waals surface area contributed by atoms with E-state index in [1.165, 1.54) is 6.92 Å². The Hall–Kier alpha value is -1.86. The van der Waals surface area contributed by atoms with Crippen LogP contribution < -0.4 is 14.8 Å². The summed E-state index contributed by atoms with van der Waals surface area (Å²) in [4.78, 5) is 29.2. The van der Waals surface area contributed by atoms with E-state index in [4.69, 9.17) is 19.3 Å². The minimum absolute atomic E-state index is 0.432. The molecule has 0 bridgehead atoms. The summed E-state index contributed by atoms with van der Waals surface area (Å²) in [6.45, 7) is 1.49. The van der Waals surface area contributed by atoms with Gasteiger partial charge in [0, 0.05) is 4.47 Å². The van der Waals surface area contributed by atoms with Crippen LogP contribution in [0.4, 0.5) is 0 Å². The summed E-state index contributed by atoms with van der Waals surface area (Å²) >= 11 is 3.35. The molecule has 134 valence electrons. The van der Waals surface area contributed by atoms with E-state index in [0.29, 0.717) is 17.2 Å². The van der Waals surface area contributed by atoms with Crippen molar-refractivity contribution in [3.63, 3.8) is 0 Å². The fourth-order valence-electron chi connectivity index (χ4n) is 1.81. The number of carbonyl (C=O) groups is 1. The number of benzene rings is 2. The second-order valence-corrected chi connectivity index (χ2v) is 7.71. The fourth-order valence-corrected chi connectivity index (χ4v) is 2.43. The molecule has 0 saturated heterocycles. The molecule has 2 aromatic carbocycles. The van der Waals surface area contributed by atoms with Crippen LogP contribution in [0, 0.1) is 0 Å². The largest absolute Gasteiger partial charge is 0.481 e. The second-order valence-electron chi connectivity index (χ2n) is 5.15. The van der Waals surface area contributed by atoms with E-state index in [2.05, 4.69) is 21.2 Å². The van der Waals surface area contributed by atoms with Gasteiger partial charge in [-0.3, -0.25) is 9.36 Å². The maximum Gasteiger partial charge on any atom is 0.344 e. The van der Waals surface area contributed by atoms with Gasteiger partial charge in [0.2, 0.25) is 0 Å².